The van der Waals surface area contributed by atoms with Gasteiger partial charge in [-0.1, -0.05) is 13.3 Å². The van der Waals surface area contributed by atoms with Crippen LogP contribution in [0.25, 0.3) is 0 Å². The number of amides is 1. The smallest absolute Gasteiger partial charge is 0.411 e. The van der Waals surface area contributed by atoms with E-state index >= 15 is 0 Å². The Hall–Kier alpha value is -0.910. The van der Waals surface area contributed by atoms with Crippen LogP contribution in [-0.4, -0.2) is 24.1 Å². The molecule has 16 heavy (non-hydrogen) atoms. The van der Waals surface area contributed by atoms with E-state index in [1.807, 2.05) is 13.8 Å². The number of allylic oxidation sites excluding steroid dienone is 1. The van der Waals surface area contributed by atoms with Crippen LogP contribution in [0, 0.1) is 0 Å². The van der Waals surface area contributed by atoms with E-state index in [9.17, 15) is 9.18 Å². The van der Waals surface area contributed by atoms with Crippen molar-refractivity contribution in [2.45, 2.75) is 33.6 Å². The molecule has 0 aromatic rings. The van der Waals surface area contributed by atoms with E-state index in [4.69, 9.17) is 4.74 Å². The summed E-state index contributed by atoms with van der Waals surface area (Å²) in [5.74, 6) is 0.576. The van der Waals surface area contributed by atoms with Gasteiger partial charge in [0, 0.05) is 7.05 Å². The Kier molecular flexibility index (Phi) is 7.80. The molecule has 0 aromatic carbocycles. The highest BCUT2D eigenvalue weighted by Gasteiger charge is 2.09. The number of hydrogen-bond acceptors (Lipinski definition) is 4. The number of ether oxygens (including phenoxy) is 1. The summed E-state index contributed by atoms with van der Waals surface area (Å²) in [7, 11) is 1.34. The first-order valence-electron chi connectivity index (χ1n) is 5.15. The minimum Gasteiger partial charge on any atom is -0.479 e. The van der Waals surface area contributed by atoms with Gasteiger partial charge in [-0.3, -0.25) is 4.72 Å². The average Bonchev–Trinajstić information content (AvgIpc) is 2.21. The third kappa shape index (κ3) is 6.55. The molecule has 0 heterocycles. The number of hydrogen-bond donors (Lipinski definition) is 1. The standard InChI is InChI=1S/C10H19FN2O2S/c1-5-6-7-15-9(8(2)3)12-16-13(4)10(11)14/h12H,5-7H2,1-4H3. The predicted molar refractivity (Wildman–Crippen MR) is 64.2 cm³/mol. The number of nitrogens with zero attached hydrogens (tertiary/aromatic N) is 1. The zero-order chi connectivity index (χ0) is 12.6. The molecule has 94 valence electrons. The maximum Gasteiger partial charge on any atom is 0.411 e. The van der Waals surface area contributed by atoms with Crippen LogP contribution in [0.1, 0.15) is 33.6 Å². The van der Waals surface area contributed by atoms with E-state index in [2.05, 4.69) is 11.6 Å². The molecule has 4 nitrogen and oxygen atoms in total. The molecule has 0 saturated carbocycles. The van der Waals surface area contributed by atoms with Gasteiger partial charge in [0.1, 0.15) is 0 Å². The second-order valence-electron chi connectivity index (χ2n) is 3.47. The largest absolute Gasteiger partial charge is 0.479 e. The van der Waals surface area contributed by atoms with E-state index < -0.39 is 6.16 Å². The number of halogens is 1. The lowest BCUT2D eigenvalue weighted by atomic mass is 10.3. The molecule has 0 unspecified atom stereocenters. The van der Waals surface area contributed by atoms with E-state index in [-0.39, 0.29) is 0 Å². The predicted octanol–water partition coefficient (Wildman–Crippen LogP) is 3.23. The molecule has 0 rings (SSSR count). The molecule has 0 radical (unpaired) electrons. The quantitative estimate of drug-likeness (QED) is 0.248. The number of nitrogens with one attached hydrogen (secondary N) is 1. The summed E-state index contributed by atoms with van der Waals surface area (Å²) >= 11 is 0.855. The highest BCUT2D eigenvalue weighted by Crippen LogP contribution is 2.11. The molecule has 0 fully saturated rings. The van der Waals surface area contributed by atoms with Crippen LogP contribution < -0.4 is 4.72 Å². The van der Waals surface area contributed by atoms with Gasteiger partial charge in [-0.15, -0.1) is 4.39 Å². The van der Waals surface area contributed by atoms with E-state index in [0.717, 1.165) is 34.9 Å². The topological polar surface area (TPSA) is 41.6 Å². The van der Waals surface area contributed by atoms with Crippen molar-refractivity contribution in [1.29, 1.82) is 0 Å². The Morgan fingerprint density at radius 1 is 1.50 bits per heavy atom. The Labute approximate surface area is 100 Å². The van der Waals surface area contributed by atoms with Gasteiger partial charge in [-0.25, -0.2) is 9.10 Å². The van der Waals surface area contributed by atoms with Crippen molar-refractivity contribution in [3.63, 3.8) is 0 Å². The summed E-state index contributed by atoms with van der Waals surface area (Å²) in [6.45, 7) is 6.44. The molecule has 0 atom stereocenters. The van der Waals surface area contributed by atoms with Gasteiger partial charge in [0.25, 0.3) is 0 Å². The van der Waals surface area contributed by atoms with E-state index in [1.165, 1.54) is 7.05 Å². The van der Waals surface area contributed by atoms with Crippen LogP contribution in [0.4, 0.5) is 9.18 Å². The maximum atomic E-state index is 12.2. The molecule has 0 aliphatic carbocycles. The number of carbonyl (C=O) groups excluding carboxylic acids is 1. The second-order valence-corrected chi connectivity index (χ2v) is 4.41. The van der Waals surface area contributed by atoms with Crippen molar-refractivity contribution in [2.24, 2.45) is 0 Å². The zero-order valence-corrected chi connectivity index (χ0v) is 11.0. The molecule has 0 saturated heterocycles. The molecule has 1 amide bonds. The molecular weight excluding hydrogens is 231 g/mol. The van der Waals surface area contributed by atoms with Crippen LogP contribution in [0.3, 0.4) is 0 Å². The van der Waals surface area contributed by atoms with Gasteiger partial charge in [-0.2, -0.15) is 0 Å². The first-order valence-corrected chi connectivity index (χ1v) is 5.92. The van der Waals surface area contributed by atoms with Crippen LogP contribution in [-0.2, 0) is 4.74 Å². The summed E-state index contributed by atoms with van der Waals surface area (Å²) in [4.78, 5) is 10.3. The Balaban J connectivity index is 4.06. The van der Waals surface area contributed by atoms with Crippen molar-refractivity contribution in [2.75, 3.05) is 13.7 Å². The molecular formula is C10H19FN2O2S. The third-order valence-electron chi connectivity index (χ3n) is 1.72. The van der Waals surface area contributed by atoms with E-state index in [1.54, 1.807) is 0 Å². The van der Waals surface area contributed by atoms with Crippen LogP contribution >= 0.6 is 12.1 Å². The van der Waals surface area contributed by atoms with Crippen molar-refractivity contribution >= 4 is 18.3 Å². The van der Waals surface area contributed by atoms with Crippen LogP contribution in [0.5, 0.6) is 0 Å². The minimum absolute atomic E-state index is 0.576. The second kappa shape index (κ2) is 8.27. The Morgan fingerprint density at radius 3 is 2.56 bits per heavy atom. The normalized spacial score (nSPS) is 9.56. The molecule has 0 aliphatic rings. The highest BCUT2D eigenvalue weighted by molar-refractivity contribution is 7.95. The number of rotatable bonds is 7. The van der Waals surface area contributed by atoms with Crippen molar-refractivity contribution in [3.8, 4) is 0 Å². The summed E-state index contributed by atoms with van der Waals surface area (Å²) in [6.07, 6.45) is 0.506. The zero-order valence-electron chi connectivity index (χ0n) is 10.2. The molecule has 0 aromatic heterocycles. The first-order chi connectivity index (χ1) is 7.49. The molecule has 6 heteroatoms. The van der Waals surface area contributed by atoms with Gasteiger partial charge in [0.15, 0.2) is 5.88 Å². The molecule has 0 spiro atoms. The third-order valence-corrected chi connectivity index (χ3v) is 2.42. The maximum absolute atomic E-state index is 12.2. The summed E-state index contributed by atoms with van der Waals surface area (Å²) < 4.78 is 21.3. The monoisotopic (exact) mass is 250 g/mol. The molecule has 1 N–H and O–H groups in total. The van der Waals surface area contributed by atoms with Crippen molar-refractivity contribution in [1.82, 2.24) is 9.03 Å². The van der Waals surface area contributed by atoms with Gasteiger partial charge in [0.05, 0.1) is 18.7 Å². The van der Waals surface area contributed by atoms with Gasteiger partial charge < -0.3 is 4.74 Å². The van der Waals surface area contributed by atoms with E-state index in [0.29, 0.717) is 12.5 Å². The minimum atomic E-state index is -1.50. The summed E-state index contributed by atoms with van der Waals surface area (Å²) in [6, 6.07) is 0. The van der Waals surface area contributed by atoms with Gasteiger partial charge in [-0.05, 0) is 25.8 Å². The fourth-order valence-electron chi connectivity index (χ4n) is 0.740. The molecule has 0 bridgehead atoms. The van der Waals surface area contributed by atoms with Crippen molar-refractivity contribution < 1.29 is 13.9 Å². The number of unbranched alkanes of at least 4 members (excludes halogenated alkanes) is 1. The first kappa shape index (κ1) is 15.1. The lowest BCUT2D eigenvalue weighted by Crippen LogP contribution is -2.21. The fourth-order valence-corrected chi connectivity index (χ4v) is 1.29. The fraction of sp³-hybridized carbons (Fsp3) is 0.700. The lowest BCUT2D eigenvalue weighted by Gasteiger charge is -2.16. The summed E-state index contributed by atoms with van der Waals surface area (Å²) in [5.41, 5.74) is 0.948. The van der Waals surface area contributed by atoms with Crippen molar-refractivity contribution in [3.05, 3.63) is 11.5 Å². The average molecular weight is 250 g/mol. The Morgan fingerprint density at radius 2 is 2.12 bits per heavy atom. The lowest BCUT2D eigenvalue weighted by molar-refractivity contribution is 0.194. The SMILES string of the molecule is CCCCOC(NSN(C)C(=O)F)=C(C)C. The van der Waals surface area contributed by atoms with Crippen LogP contribution in [0.2, 0.25) is 0 Å². The number of carbonyl (C=O) groups is 1. The van der Waals surface area contributed by atoms with Gasteiger partial charge in [0.2, 0.25) is 0 Å². The molecule has 0 aliphatic heterocycles. The highest BCUT2D eigenvalue weighted by atomic mass is 32.2. The summed E-state index contributed by atoms with van der Waals surface area (Å²) in [5, 5.41) is 0. The van der Waals surface area contributed by atoms with Gasteiger partial charge >= 0.3 is 6.16 Å². The Bertz CT molecular complexity index is 255. The van der Waals surface area contributed by atoms with Crippen LogP contribution in [0.15, 0.2) is 11.5 Å².